The number of morpholine rings is 1. The average molecular weight is 235 g/mol. The van der Waals surface area contributed by atoms with Crippen molar-refractivity contribution in [2.24, 2.45) is 0 Å². The Hall–Kier alpha value is -0.130. The first-order chi connectivity index (χ1) is 6.79. The summed E-state index contributed by atoms with van der Waals surface area (Å²) in [5, 5.41) is 0. The van der Waals surface area contributed by atoms with E-state index in [1.54, 1.807) is 4.31 Å². The summed E-state index contributed by atoms with van der Waals surface area (Å²) in [5.41, 5.74) is -0.416. The second-order valence-corrected chi connectivity index (χ2v) is 6.79. The Morgan fingerprint density at radius 1 is 1.47 bits per heavy atom. The van der Waals surface area contributed by atoms with Crippen molar-refractivity contribution in [3.63, 3.8) is 0 Å². The minimum Gasteiger partial charge on any atom is -0.375 e. The normalized spacial score (nSPS) is 27.9. The smallest absolute Gasteiger partial charge is 0.214 e. The van der Waals surface area contributed by atoms with Gasteiger partial charge in [0.25, 0.3) is 0 Å². The lowest BCUT2D eigenvalue weighted by Crippen LogP contribution is -2.58. The molecule has 1 saturated heterocycles. The molecule has 5 heteroatoms. The molecule has 1 atom stereocenters. The van der Waals surface area contributed by atoms with Crippen molar-refractivity contribution < 1.29 is 13.2 Å². The number of hydrogen-bond donors (Lipinski definition) is 0. The zero-order valence-corrected chi connectivity index (χ0v) is 10.8. The molecule has 0 spiro atoms. The number of rotatable bonds is 3. The molecule has 1 aliphatic heterocycles. The molecule has 1 heterocycles. The van der Waals surface area contributed by atoms with Crippen LogP contribution in [0.1, 0.15) is 34.1 Å². The van der Waals surface area contributed by atoms with Crippen LogP contribution in [-0.2, 0) is 14.8 Å². The highest BCUT2D eigenvalue weighted by atomic mass is 32.2. The number of ether oxygens (including phenoxy) is 1. The summed E-state index contributed by atoms with van der Waals surface area (Å²) in [6, 6.07) is 0. The first-order valence-electron chi connectivity index (χ1n) is 5.42. The van der Waals surface area contributed by atoms with Crippen LogP contribution in [0.4, 0.5) is 0 Å². The van der Waals surface area contributed by atoms with E-state index in [1.165, 1.54) is 0 Å². The highest BCUT2D eigenvalue weighted by Gasteiger charge is 2.40. The van der Waals surface area contributed by atoms with E-state index in [0.717, 1.165) is 0 Å². The van der Waals surface area contributed by atoms with Gasteiger partial charge in [0.05, 0.1) is 24.0 Å². The molecule has 1 rings (SSSR count). The van der Waals surface area contributed by atoms with Crippen molar-refractivity contribution >= 4 is 10.0 Å². The molecule has 0 amide bonds. The second-order valence-electron chi connectivity index (χ2n) is 4.78. The molecule has 1 fully saturated rings. The van der Waals surface area contributed by atoms with E-state index in [2.05, 4.69) is 0 Å². The van der Waals surface area contributed by atoms with E-state index in [-0.39, 0.29) is 11.9 Å². The van der Waals surface area contributed by atoms with Gasteiger partial charge in [-0.2, -0.15) is 4.31 Å². The van der Waals surface area contributed by atoms with Gasteiger partial charge in [-0.3, -0.25) is 0 Å². The molecule has 0 aliphatic carbocycles. The zero-order chi connectivity index (χ0) is 11.7. The summed E-state index contributed by atoms with van der Waals surface area (Å²) in [6.07, 6.45) is 0.647. The van der Waals surface area contributed by atoms with Gasteiger partial charge >= 0.3 is 0 Å². The topological polar surface area (TPSA) is 46.6 Å². The van der Waals surface area contributed by atoms with Crippen molar-refractivity contribution in [2.75, 3.05) is 18.9 Å². The molecule has 0 aromatic heterocycles. The molecule has 0 aromatic rings. The molecular formula is C10H21NO3S. The Kier molecular flexibility index (Phi) is 3.79. The Morgan fingerprint density at radius 3 is 2.60 bits per heavy atom. The second kappa shape index (κ2) is 4.39. The molecule has 4 nitrogen and oxygen atoms in total. The molecule has 15 heavy (non-hydrogen) atoms. The molecule has 1 aliphatic rings. The van der Waals surface area contributed by atoms with Crippen LogP contribution in [0.2, 0.25) is 0 Å². The van der Waals surface area contributed by atoms with Crippen molar-refractivity contribution in [3.8, 4) is 0 Å². The van der Waals surface area contributed by atoms with Gasteiger partial charge in [0.2, 0.25) is 10.0 Å². The first-order valence-corrected chi connectivity index (χ1v) is 7.02. The molecule has 0 N–H and O–H groups in total. The minimum absolute atomic E-state index is 0.00958. The highest BCUT2D eigenvalue weighted by molar-refractivity contribution is 7.89. The quantitative estimate of drug-likeness (QED) is 0.739. The van der Waals surface area contributed by atoms with Crippen molar-refractivity contribution in [3.05, 3.63) is 0 Å². The predicted octanol–water partition coefficient (Wildman–Crippen LogP) is 1.23. The van der Waals surface area contributed by atoms with Crippen LogP contribution in [0.5, 0.6) is 0 Å². The maximum absolute atomic E-state index is 12.0. The van der Waals surface area contributed by atoms with Crippen LogP contribution >= 0.6 is 0 Å². The third-order valence-electron chi connectivity index (χ3n) is 2.62. The summed E-state index contributed by atoms with van der Waals surface area (Å²) in [7, 11) is -3.12. The fraction of sp³-hybridized carbons (Fsp3) is 1.00. The van der Waals surface area contributed by atoms with Gasteiger partial charge in [0.1, 0.15) is 0 Å². The van der Waals surface area contributed by atoms with Crippen LogP contribution in [0.25, 0.3) is 0 Å². The number of hydrogen-bond acceptors (Lipinski definition) is 3. The summed E-state index contributed by atoms with van der Waals surface area (Å²) in [5.74, 6) is 0.225. The van der Waals surface area contributed by atoms with Crippen molar-refractivity contribution in [2.45, 2.75) is 45.8 Å². The first kappa shape index (κ1) is 12.9. The Morgan fingerprint density at radius 2 is 2.07 bits per heavy atom. The van der Waals surface area contributed by atoms with E-state index in [9.17, 15) is 8.42 Å². The maximum Gasteiger partial charge on any atom is 0.214 e. The lowest BCUT2D eigenvalue weighted by atomic mass is 10.1. The van der Waals surface area contributed by atoms with Gasteiger partial charge < -0.3 is 4.74 Å². The summed E-state index contributed by atoms with van der Waals surface area (Å²) < 4.78 is 31.1. The van der Waals surface area contributed by atoms with E-state index < -0.39 is 15.6 Å². The van der Waals surface area contributed by atoms with E-state index in [1.807, 2.05) is 27.7 Å². The molecule has 1 unspecified atom stereocenters. The fourth-order valence-corrected chi connectivity index (χ4v) is 3.79. The van der Waals surface area contributed by atoms with Crippen LogP contribution < -0.4 is 0 Å². The third kappa shape index (κ3) is 2.92. The Labute approximate surface area is 92.7 Å². The zero-order valence-electron chi connectivity index (χ0n) is 9.99. The molecular weight excluding hydrogens is 214 g/mol. The van der Waals surface area contributed by atoms with Crippen LogP contribution in [0.3, 0.4) is 0 Å². The van der Waals surface area contributed by atoms with Crippen molar-refractivity contribution in [1.82, 2.24) is 4.31 Å². The van der Waals surface area contributed by atoms with Gasteiger partial charge in [-0.25, -0.2) is 8.42 Å². The molecule has 0 aromatic carbocycles. The lowest BCUT2D eigenvalue weighted by molar-refractivity contribution is -0.0550. The summed E-state index contributed by atoms with van der Waals surface area (Å²) in [4.78, 5) is 0. The minimum atomic E-state index is -3.12. The standard InChI is InChI=1S/C10H21NO3S/c1-5-6-15(12,13)11-7-9(2)14-8-10(11,3)4/h9H,5-8H2,1-4H3. The average Bonchev–Trinajstić information content (AvgIpc) is 2.09. The lowest BCUT2D eigenvalue weighted by Gasteiger charge is -2.43. The largest absolute Gasteiger partial charge is 0.375 e. The van der Waals surface area contributed by atoms with Crippen molar-refractivity contribution in [1.29, 1.82) is 0 Å². The third-order valence-corrected chi connectivity index (χ3v) is 4.86. The van der Waals surface area contributed by atoms with Gasteiger partial charge in [-0.05, 0) is 27.2 Å². The van der Waals surface area contributed by atoms with Gasteiger partial charge in [0.15, 0.2) is 0 Å². The van der Waals surface area contributed by atoms with Gasteiger partial charge in [-0.1, -0.05) is 6.92 Å². The van der Waals surface area contributed by atoms with E-state index in [4.69, 9.17) is 4.74 Å². The Bertz CT molecular complexity index is 311. The maximum atomic E-state index is 12.0. The van der Waals surface area contributed by atoms with E-state index in [0.29, 0.717) is 19.6 Å². The molecule has 90 valence electrons. The van der Waals surface area contributed by atoms with Crippen LogP contribution in [0.15, 0.2) is 0 Å². The summed E-state index contributed by atoms with van der Waals surface area (Å²) in [6.45, 7) is 8.54. The SMILES string of the molecule is CCCS(=O)(=O)N1CC(C)OCC1(C)C. The monoisotopic (exact) mass is 235 g/mol. The van der Waals surface area contributed by atoms with Crippen LogP contribution in [-0.4, -0.2) is 43.3 Å². The predicted molar refractivity (Wildman–Crippen MR) is 60.3 cm³/mol. The fourth-order valence-electron chi connectivity index (χ4n) is 1.81. The molecule has 0 saturated carbocycles. The van der Waals surface area contributed by atoms with Gasteiger partial charge in [-0.15, -0.1) is 0 Å². The Balaban J connectivity index is 2.90. The van der Waals surface area contributed by atoms with E-state index >= 15 is 0 Å². The van der Waals surface area contributed by atoms with Gasteiger partial charge in [0, 0.05) is 6.54 Å². The number of sulfonamides is 1. The highest BCUT2D eigenvalue weighted by Crippen LogP contribution is 2.25. The molecule has 0 radical (unpaired) electrons. The number of nitrogens with zero attached hydrogens (tertiary/aromatic N) is 1. The van der Waals surface area contributed by atoms with Crippen LogP contribution in [0, 0.1) is 0 Å². The molecule has 0 bridgehead atoms. The summed E-state index contributed by atoms with van der Waals surface area (Å²) >= 11 is 0.